The molecular formula is C19H26N4O2. The number of likely N-dealkylation sites (N-methyl/N-ethyl adjacent to an activating group) is 1. The van der Waals surface area contributed by atoms with Crippen molar-refractivity contribution < 1.29 is 9.53 Å². The predicted octanol–water partition coefficient (Wildman–Crippen LogP) is 3.40. The van der Waals surface area contributed by atoms with Crippen molar-refractivity contribution in [2.45, 2.75) is 38.1 Å². The fraction of sp³-hybridized carbons (Fsp3) is 0.474. The number of hydrogen-bond acceptors (Lipinski definition) is 3. The number of rotatable bonds is 6. The van der Waals surface area contributed by atoms with Crippen LogP contribution in [0.25, 0.3) is 0 Å². The lowest BCUT2D eigenvalue weighted by molar-refractivity contribution is 0.207. The van der Waals surface area contributed by atoms with Crippen LogP contribution in [-0.2, 0) is 13.5 Å². The number of ether oxygens (including phenoxy) is 1. The lowest BCUT2D eigenvalue weighted by atomic mass is 10.1. The van der Waals surface area contributed by atoms with E-state index in [0.29, 0.717) is 5.92 Å². The van der Waals surface area contributed by atoms with E-state index in [1.54, 1.807) is 16.7 Å². The molecule has 1 aromatic carbocycles. The first-order chi connectivity index (χ1) is 12.0. The fourth-order valence-electron chi connectivity index (χ4n) is 2.91. The molecule has 134 valence electrons. The minimum atomic E-state index is -0.132. The second-order valence-corrected chi connectivity index (χ2v) is 6.76. The Bertz CT molecular complexity index is 752. The summed E-state index contributed by atoms with van der Waals surface area (Å²) in [7, 11) is 5.34. The van der Waals surface area contributed by atoms with E-state index in [1.807, 2.05) is 51.4 Å². The van der Waals surface area contributed by atoms with Crippen LogP contribution in [0.15, 0.2) is 30.3 Å². The van der Waals surface area contributed by atoms with E-state index in [4.69, 9.17) is 4.74 Å². The molecule has 1 aliphatic carbocycles. The van der Waals surface area contributed by atoms with Crippen LogP contribution in [0, 0.1) is 0 Å². The van der Waals surface area contributed by atoms with Crippen LogP contribution in [0.4, 0.5) is 10.6 Å². The van der Waals surface area contributed by atoms with E-state index in [1.165, 1.54) is 12.8 Å². The first-order valence-electron chi connectivity index (χ1n) is 8.69. The van der Waals surface area contributed by atoms with Crippen LogP contribution in [0.2, 0.25) is 0 Å². The average molecular weight is 342 g/mol. The van der Waals surface area contributed by atoms with Crippen LogP contribution in [0.1, 0.15) is 36.9 Å². The summed E-state index contributed by atoms with van der Waals surface area (Å²) in [5.41, 5.74) is 2.16. The molecule has 0 bridgehead atoms. The Balaban J connectivity index is 1.63. The number of aromatic nitrogens is 2. The normalized spacial score (nSPS) is 14.9. The molecule has 1 atom stereocenters. The van der Waals surface area contributed by atoms with Gasteiger partial charge >= 0.3 is 6.03 Å². The molecular weight excluding hydrogens is 316 g/mol. The van der Waals surface area contributed by atoms with Crippen LogP contribution >= 0.6 is 0 Å². The summed E-state index contributed by atoms with van der Waals surface area (Å²) in [5, 5.41) is 7.45. The van der Waals surface area contributed by atoms with E-state index in [0.717, 1.165) is 29.2 Å². The molecule has 1 saturated carbocycles. The third-order valence-corrected chi connectivity index (χ3v) is 4.82. The van der Waals surface area contributed by atoms with Crippen molar-refractivity contribution in [3.05, 3.63) is 41.6 Å². The van der Waals surface area contributed by atoms with Gasteiger partial charge in [-0.1, -0.05) is 18.2 Å². The minimum Gasteiger partial charge on any atom is -0.496 e. The highest BCUT2D eigenvalue weighted by molar-refractivity contribution is 5.88. The zero-order valence-electron chi connectivity index (χ0n) is 15.3. The lowest BCUT2D eigenvalue weighted by Gasteiger charge is -2.25. The fourth-order valence-corrected chi connectivity index (χ4v) is 2.91. The van der Waals surface area contributed by atoms with Crippen molar-refractivity contribution >= 4 is 11.8 Å². The molecule has 1 unspecified atom stereocenters. The van der Waals surface area contributed by atoms with Crippen LogP contribution in [0.5, 0.6) is 5.75 Å². The molecule has 0 aliphatic heterocycles. The van der Waals surface area contributed by atoms with Crippen LogP contribution in [-0.4, -0.2) is 40.9 Å². The zero-order valence-corrected chi connectivity index (χ0v) is 15.3. The monoisotopic (exact) mass is 342 g/mol. The molecule has 1 N–H and O–H groups in total. The quantitative estimate of drug-likeness (QED) is 0.875. The number of anilines is 1. The number of urea groups is 1. The number of nitrogens with zero attached hydrogens (tertiary/aromatic N) is 3. The molecule has 2 amide bonds. The Labute approximate surface area is 148 Å². The highest BCUT2D eigenvalue weighted by Gasteiger charge is 2.27. The number of carbonyl (C=O) groups excluding carboxylic acids is 1. The van der Waals surface area contributed by atoms with E-state index in [9.17, 15) is 4.79 Å². The van der Waals surface area contributed by atoms with E-state index in [2.05, 4.69) is 10.4 Å². The highest BCUT2D eigenvalue weighted by atomic mass is 16.5. The van der Waals surface area contributed by atoms with Crippen LogP contribution in [0.3, 0.4) is 0 Å². The van der Waals surface area contributed by atoms with Gasteiger partial charge in [0.2, 0.25) is 0 Å². The molecule has 0 spiro atoms. The molecule has 6 nitrogen and oxygen atoms in total. The number of hydrogen-bond donors (Lipinski definition) is 1. The van der Waals surface area contributed by atoms with Gasteiger partial charge in [-0.3, -0.25) is 10.00 Å². The number of carbonyl (C=O) groups is 1. The molecule has 2 aromatic rings. The van der Waals surface area contributed by atoms with Gasteiger partial charge in [0.15, 0.2) is 0 Å². The summed E-state index contributed by atoms with van der Waals surface area (Å²) >= 11 is 0. The zero-order chi connectivity index (χ0) is 18.0. The van der Waals surface area contributed by atoms with Gasteiger partial charge in [0.25, 0.3) is 0 Å². The number of benzene rings is 1. The number of para-hydroxylation sites is 1. The van der Waals surface area contributed by atoms with Crippen molar-refractivity contribution in [3.63, 3.8) is 0 Å². The predicted molar refractivity (Wildman–Crippen MR) is 98.1 cm³/mol. The molecule has 25 heavy (non-hydrogen) atoms. The van der Waals surface area contributed by atoms with Crippen molar-refractivity contribution in [3.8, 4) is 5.75 Å². The summed E-state index contributed by atoms with van der Waals surface area (Å²) in [6.07, 6.45) is 3.12. The Morgan fingerprint density at radius 3 is 2.84 bits per heavy atom. The second kappa shape index (κ2) is 7.17. The van der Waals surface area contributed by atoms with Crippen molar-refractivity contribution in [1.29, 1.82) is 0 Å². The first-order valence-corrected chi connectivity index (χ1v) is 8.69. The maximum Gasteiger partial charge on any atom is 0.322 e. The summed E-state index contributed by atoms with van der Waals surface area (Å²) < 4.78 is 7.14. The number of nitrogens with one attached hydrogen (secondary N) is 1. The Hall–Kier alpha value is -2.50. The largest absolute Gasteiger partial charge is 0.496 e. The van der Waals surface area contributed by atoms with Crippen molar-refractivity contribution in [1.82, 2.24) is 14.7 Å². The van der Waals surface area contributed by atoms with Gasteiger partial charge in [-0.2, -0.15) is 5.10 Å². The Morgan fingerprint density at radius 2 is 2.16 bits per heavy atom. The second-order valence-electron chi connectivity index (χ2n) is 6.76. The molecule has 1 aromatic heterocycles. The number of methoxy groups -OCH3 is 1. The Kier molecular flexibility index (Phi) is 4.97. The SMILES string of the molecule is COc1ccccc1CC(C)N(C)C(=O)Nc1cc(C2CC2)nn1C. The van der Waals surface area contributed by atoms with Gasteiger partial charge in [-0.15, -0.1) is 0 Å². The number of aryl methyl sites for hydroxylation is 1. The van der Waals surface area contributed by atoms with Gasteiger partial charge < -0.3 is 9.64 Å². The number of amides is 2. The topological polar surface area (TPSA) is 59.4 Å². The molecule has 1 fully saturated rings. The van der Waals surface area contributed by atoms with E-state index < -0.39 is 0 Å². The highest BCUT2D eigenvalue weighted by Crippen LogP contribution is 2.39. The van der Waals surface area contributed by atoms with Gasteiger partial charge in [-0.05, 0) is 37.8 Å². The standard InChI is InChI=1S/C19H26N4O2/c1-13(11-15-7-5-6-8-17(15)25-4)22(2)19(24)20-18-12-16(14-9-10-14)21-23(18)3/h5-8,12-14H,9-11H2,1-4H3,(H,20,24). The van der Waals surface area contributed by atoms with Crippen LogP contribution < -0.4 is 10.1 Å². The van der Waals surface area contributed by atoms with Gasteiger partial charge in [-0.25, -0.2) is 4.79 Å². The van der Waals surface area contributed by atoms with E-state index in [-0.39, 0.29) is 12.1 Å². The summed E-state index contributed by atoms with van der Waals surface area (Å²) in [6, 6.07) is 9.79. The lowest BCUT2D eigenvalue weighted by Crippen LogP contribution is -2.39. The molecule has 0 radical (unpaired) electrons. The smallest absolute Gasteiger partial charge is 0.322 e. The molecule has 1 aliphatic rings. The van der Waals surface area contributed by atoms with Gasteiger partial charge in [0, 0.05) is 32.1 Å². The maximum atomic E-state index is 12.6. The third kappa shape index (κ3) is 3.95. The molecule has 3 rings (SSSR count). The average Bonchev–Trinajstić information content (AvgIpc) is 3.39. The Morgan fingerprint density at radius 1 is 1.44 bits per heavy atom. The van der Waals surface area contributed by atoms with E-state index >= 15 is 0 Å². The van der Waals surface area contributed by atoms with Gasteiger partial charge in [0.1, 0.15) is 11.6 Å². The van der Waals surface area contributed by atoms with Crippen molar-refractivity contribution in [2.24, 2.45) is 7.05 Å². The third-order valence-electron chi connectivity index (χ3n) is 4.82. The summed E-state index contributed by atoms with van der Waals surface area (Å²) in [5.74, 6) is 2.16. The summed E-state index contributed by atoms with van der Waals surface area (Å²) in [6.45, 7) is 2.03. The minimum absolute atomic E-state index is 0.0347. The molecule has 0 saturated heterocycles. The molecule has 1 heterocycles. The maximum absolute atomic E-state index is 12.6. The first kappa shape index (κ1) is 17.3. The molecule has 6 heteroatoms. The van der Waals surface area contributed by atoms with Gasteiger partial charge in [0.05, 0.1) is 12.8 Å². The van der Waals surface area contributed by atoms with Crippen molar-refractivity contribution in [2.75, 3.05) is 19.5 Å². The summed E-state index contributed by atoms with van der Waals surface area (Å²) in [4.78, 5) is 14.3.